The van der Waals surface area contributed by atoms with Gasteiger partial charge >= 0.3 is 0 Å². The summed E-state index contributed by atoms with van der Waals surface area (Å²) in [5.41, 5.74) is 3.67. The van der Waals surface area contributed by atoms with E-state index in [1.54, 1.807) is 0 Å². The summed E-state index contributed by atoms with van der Waals surface area (Å²) in [6.07, 6.45) is 4.06. The molecule has 2 nitrogen and oxygen atoms in total. The highest BCUT2D eigenvalue weighted by atomic mass is 16.1. The molecular weight excluding hydrogens is 284 g/mol. The van der Waals surface area contributed by atoms with Gasteiger partial charge in [0.1, 0.15) is 0 Å². The van der Waals surface area contributed by atoms with Crippen LogP contribution in [0, 0.1) is 16.7 Å². The predicted octanol–water partition coefficient (Wildman–Crippen LogP) is 5.10. The van der Waals surface area contributed by atoms with Crippen molar-refractivity contribution in [3.05, 3.63) is 52.6 Å². The van der Waals surface area contributed by atoms with Crippen molar-refractivity contribution in [3.8, 4) is 0 Å². The van der Waals surface area contributed by atoms with Crippen LogP contribution in [0.2, 0.25) is 0 Å². The van der Waals surface area contributed by atoms with E-state index >= 15 is 0 Å². The van der Waals surface area contributed by atoms with Crippen molar-refractivity contribution in [2.75, 3.05) is 0 Å². The van der Waals surface area contributed by atoms with Crippen molar-refractivity contribution < 1.29 is 9.59 Å². The van der Waals surface area contributed by atoms with Crippen molar-refractivity contribution in [1.82, 2.24) is 0 Å². The first-order valence-corrected chi connectivity index (χ1v) is 8.18. The van der Waals surface area contributed by atoms with Gasteiger partial charge in [0, 0.05) is 28.2 Å². The molecule has 0 saturated carbocycles. The second-order valence-corrected chi connectivity index (χ2v) is 8.70. The number of hydrogen-bond acceptors (Lipinski definition) is 2. The lowest BCUT2D eigenvalue weighted by Crippen LogP contribution is -2.32. The molecule has 0 spiro atoms. The summed E-state index contributed by atoms with van der Waals surface area (Å²) < 4.78 is 0. The normalized spacial score (nSPS) is 20.9. The molecule has 0 radical (unpaired) electrons. The lowest BCUT2D eigenvalue weighted by atomic mass is 9.67. The molecule has 0 aromatic heterocycles. The standard InChI is InChI=1S/C21H24O2/c1-20(2,3)15-10-12-11-16(21(4,5)6)19(23)14-9-7-8-13(17(12)14)18(15)22/h7-11,15H,1-6H3. The van der Waals surface area contributed by atoms with E-state index in [-0.39, 0.29) is 28.3 Å². The molecule has 1 aromatic rings. The Labute approximate surface area is 138 Å². The lowest BCUT2D eigenvalue weighted by molar-refractivity contribution is 0.0867. The van der Waals surface area contributed by atoms with Gasteiger partial charge in [-0.3, -0.25) is 9.59 Å². The highest BCUT2D eigenvalue weighted by molar-refractivity contribution is 6.21. The summed E-state index contributed by atoms with van der Waals surface area (Å²) in [4.78, 5) is 25.8. The Morgan fingerprint density at radius 2 is 1.52 bits per heavy atom. The van der Waals surface area contributed by atoms with Crippen LogP contribution < -0.4 is 0 Å². The Kier molecular flexibility index (Phi) is 3.30. The number of ketones is 2. The van der Waals surface area contributed by atoms with E-state index in [4.69, 9.17) is 0 Å². The number of carbonyl (C=O) groups is 2. The van der Waals surface area contributed by atoms with E-state index in [0.29, 0.717) is 11.1 Å². The van der Waals surface area contributed by atoms with Crippen LogP contribution in [-0.4, -0.2) is 11.6 Å². The first kappa shape index (κ1) is 15.9. The van der Waals surface area contributed by atoms with Crippen LogP contribution in [0.15, 0.2) is 35.9 Å². The van der Waals surface area contributed by atoms with Gasteiger partial charge in [0.2, 0.25) is 0 Å². The molecule has 2 heteroatoms. The number of rotatable bonds is 0. The molecule has 0 saturated heterocycles. The van der Waals surface area contributed by atoms with E-state index in [9.17, 15) is 9.59 Å². The zero-order valence-corrected chi connectivity index (χ0v) is 14.8. The third kappa shape index (κ3) is 2.41. The largest absolute Gasteiger partial charge is 0.293 e. The number of benzene rings is 1. The van der Waals surface area contributed by atoms with E-state index < -0.39 is 0 Å². The molecule has 1 atom stereocenters. The summed E-state index contributed by atoms with van der Waals surface area (Å²) >= 11 is 0. The molecule has 1 aromatic carbocycles. The van der Waals surface area contributed by atoms with Crippen LogP contribution in [0.3, 0.4) is 0 Å². The quantitative estimate of drug-likeness (QED) is 0.668. The van der Waals surface area contributed by atoms with Gasteiger partial charge in [-0.05, 0) is 22.5 Å². The molecule has 0 fully saturated rings. The van der Waals surface area contributed by atoms with Crippen LogP contribution in [0.4, 0.5) is 0 Å². The Hall–Kier alpha value is -1.96. The molecule has 23 heavy (non-hydrogen) atoms. The minimum Gasteiger partial charge on any atom is -0.293 e. The maximum Gasteiger partial charge on any atom is 0.190 e. The molecule has 2 aliphatic rings. The Morgan fingerprint density at radius 1 is 0.913 bits per heavy atom. The Balaban J connectivity index is 2.30. The van der Waals surface area contributed by atoms with Crippen LogP contribution in [-0.2, 0) is 0 Å². The lowest BCUT2D eigenvalue weighted by Gasteiger charge is -2.35. The van der Waals surface area contributed by atoms with Gasteiger partial charge in [-0.1, -0.05) is 65.8 Å². The molecule has 0 aliphatic heterocycles. The summed E-state index contributed by atoms with van der Waals surface area (Å²) in [6.45, 7) is 12.4. The maximum atomic E-state index is 12.9. The van der Waals surface area contributed by atoms with E-state index in [1.165, 1.54) is 0 Å². The van der Waals surface area contributed by atoms with Gasteiger partial charge in [0.05, 0.1) is 0 Å². The van der Waals surface area contributed by atoms with Gasteiger partial charge in [-0.2, -0.15) is 0 Å². The van der Waals surface area contributed by atoms with Crippen molar-refractivity contribution in [3.63, 3.8) is 0 Å². The topological polar surface area (TPSA) is 34.1 Å². The molecule has 120 valence electrons. The fourth-order valence-electron chi connectivity index (χ4n) is 3.45. The highest BCUT2D eigenvalue weighted by Gasteiger charge is 2.39. The zero-order chi connectivity index (χ0) is 17.2. The smallest absolute Gasteiger partial charge is 0.190 e. The Morgan fingerprint density at radius 3 is 2.09 bits per heavy atom. The number of carbonyl (C=O) groups excluding carboxylic acids is 2. The third-order valence-electron chi connectivity index (χ3n) is 4.78. The molecule has 0 N–H and O–H groups in total. The predicted molar refractivity (Wildman–Crippen MR) is 93.6 cm³/mol. The van der Waals surface area contributed by atoms with E-state index in [1.807, 2.05) is 24.3 Å². The van der Waals surface area contributed by atoms with Crippen LogP contribution in [0.25, 0.3) is 5.57 Å². The monoisotopic (exact) mass is 308 g/mol. The molecule has 3 rings (SSSR count). The van der Waals surface area contributed by atoms with Gasteiger partial charge in [0.15, 0.2) is 11.6 Å². The molecule has 2 aliphatic carbocycles. The number of allylic oxidation sites excluding steroid dienone is 4. The van der Waals surface area contributed by atoms with Crippen molar-refractivity contribution in [1.29, 1.82) is 0 Å². The molecule has 0 heterocycles. The highest BCUT2D eigenvalue weighted by Crippen LogP contribution is 2.45. The summed E-state index contributed by atoms with van der Waals surface area (Å²) in [7, 11) is 0. The van der Waals surface area contributed by atoms with Crippen LogP contribution in [0.5, 0.6) is 0 Å². The Bertz CT molecular complexity index is 777. The first-order chi connectivity index (χ1) is 10.5. The van der Waals surface area contributed by atoms with Crippen LogP contribution >= 0.6 is 0 Å². The van der Waals surface area contributed by atoms with Gasteiger partial charge in [-0.15, -0.1) is 0 Å². The molecule has 1 unspecified atom stereocenters. The van der Waals surface area contributed by atoms with Crippen molar-refractivity contribution >= 4 is 17.1 Å². The van der Waals surface area contributed by atoms with Crippen molar-refractivity contribution in [2.24, 2.45) is 16.7 Å². The number of Topliss-reactive ketones (excluding diaryl/α,β-unsaturated/α-hetero) is 2. The third-order valence-corrected chi connectivity index (χ3v) is 4.78. The van der Waals surface area contributed by atoms with E-state index in [0.717, 1.165) is 16.7 Å². The van der Waals surface area contributed by atoms with Crippen LogP contribution in [0.1, 0.15) is 67.8 Å². The number of hydrogen-bond donors (Lipinski definition) is 0. The fourth-order valence-corrected chi connectivity index (χ4v) is 3.45. The fraction of sp³-hybridized carbons (Fsp3) is 0.429. The average Bonchev–Trinajstić information content (AvgIpc) is 2.42. The zero-order valence-electron chi connectivity index (χ0n) is 14.8. The van der Waals surface area contributed by atoms with Gasteiger partial charge < -0.3 is 0 Å². The average molecular weight is 308 g/mol. The SMILES string of the molecule is CC(C)(C)C1=CC2=CC(C(C)(C)C)C(=O)c3cccc(c32)C1=O. The maximum absolute atomic E-state index is 12.9. The van der Waals surface area contributed by atoms with Gasteiger partial charge in [-0.25, -0.2) is 0 Å². The summed E-state index contributed by atoms with van der Waals surface area (Å²) in [6, 6.07) is 5.53. The van der Waals surface area contributed by atoms with Crippen molar-refractivity contribution in [2.45, 2.75) is 41.5 Å². The van der Waals surface area contributed by atoms with E-state index in [2.05, 4.69) is 47.6 Å². The van der Waals surface area contributed by atoms with Gasteiger partial charge in [0.25, 0.3) is 0 Å². The minimum atomic E-state index is -0.218. The summed E-state index contributed by atoms with van der Waals surface area (Å²) in [5.74, 6) is 0.0120. The second kappa shape index (κ2) is 4.77. The molecule has 0 bridgehead atoms. The molecule has 0 amide bonds. The second-order valence-electron chi connectivity index (χ2n) is 8.70. The first-order valence-electron chi connectivity index (χ1n) is 8.18. The minimum absolute atomic E-state index is 0.0495. The molecular formula is C21H24O2. The summed E-state index contributed by atoms with van der Waals surface area (Å²) in [5, 5.41) is 0.